The van der Waals surface area contributed by atoms with E-state index in [2.05, 4.69) is 0 Å². The third-order valence-electron chi connectivity index (χ3n) is 3.11. The van der Waals surface area contributed by atoms with Crippen molar-refractivity contribution in [3.63, 3.8) is 0 Å². The lowest BCUT2D eigenvalue weighted by Gasteiger charge is -2.12. The van der Waals surface area contributed by atoms with Crippen LogP contribution in [0.3, 0.4) is 0 Å². The Bertz CT molecular complexity index is 671. The molecule has 2 rings (SSSR count). The second kappa shape index (κ2) is 6.26. The highest BCUT2D eigenvalue weighted by Crippen LogP contribution is 2.23. The zero-order chi connectivity index (χ0) is 15.4. The summed E-state index contributed by atoms with van der Waals surface area (Å²) in [6.45, 7) is 1.68. The second-order valence-electron chi connectivity index (χ2n) is 4.55. The second-order valence-corrected chi connectivity index (χ2v) is 4.55. The van der Waals surface area contributed by atoms with Crippen LogP contribution in [0.1, 0.15) is 21.5 Å². The highest BCUT2D eigenvalue weighted by Gasteiger charge is 2.16. The molecule has 0 saturated heterocycles. The standard InChI is InChI=1S/C16H16FNO3/c1-10-5-3-8-13(15(10)17)21-9-11-6-4-7-12(18)14(11)16(19)20-2/h3-8H,9,18H2,1-2H3. The van der Waals surface area contributed by atoms with Crippen molar-refractivity contribution in [3.8, 4) is 5.75 Å². The maximum absolute atomic E-state index is 13.9. The number of hydrogen-bond acceptors (Lipinski definition) is 4. The highest BCUT2D eigenvalue weighted by molar-refractivity contribution is 5.96. The zero-order valence-electron chi connectivity index (χ0n) is 11.9. The van der Waals surface area contributed by atoms with Gasteiger partial charge >= 0.3 is 5.97 Å². The fraction of sp³-hybridized carbons (Fsp3) is 0.188. The number of esters is 1. The summed E-state index contributed by atoms with van der Waals surface area (Å²) in [4.78, 5) is 11.8. The van der Waals surface area contributed by atoms with Gasteiger partial charge in [0.1, 0.15) is 6.61 Å². The maximum Gasteiger partial charge on any atom is 0.340 e. The van der Waals surface area contributed by atoms with E-state index >= 15 is 0 Å². The molecule has 0 atom stereocenters. The average Bonchev–Trinajstić information content (AvgIpc) is 2.48. The Morgan fingerprint density at radius 1 is 1.24 bits per heavy atom. The van der Waals surface area contributed by atoms with Gasteiger partial charge in [0.25, 0.3) is 0 Å². The minimum atomic E-state index is -0.545. The number of benzene rings is 2. The minimum Gasteiger partial charge on any atom is -0.486 e. The highest BCUT2D eigenvalue weighted by atomic mass is 19.1. The molecule has 0 unspecified atom stereocenters. The molecule has 110 valence electrons. The van der Waals surface area contributed by atoms with Gasteiger partial charge in [-0.15, -0.1) is 0 Å². The van der Waals surface area contributed by atoms with E-state index in [1.807, 2.05) is 0 Å². The van der Waals surface area contributed by atoms with Gasteiger partial charge in [0.05, 0.1) is 12.7 Å². The molecule has 2 aromatic carbocycles. The van der Waals surface area contributed by atoms with Crippen molar-refractivity contribution in [1.29, 1.82) is 0 Å². The Labute approximate surface area is 122 Å². The van der Waals surface area contributed by atoms with Crippen LogP contribution in [0.15, 0.2) is 36.4 Å². The molecule has 0 aliphatic heterocycles. The van der Waals surface area contributed by atoms with Gasteiger partial charge in [-0.2, -0.15) is 0 Å². The van der Waals surface area contributed by atoms with Crippen molar-refractivity contribution in [3.05, 3.63) is 58.9 Å². The van der Waals surface area contributed by atoms with Gasteiger partial charge in [-0.3, -0.25) is 0 Å². The summed E-state index contributed by atoms with van der Waals surface area (Å²) in [6.07, 6.45) is 0. The molecule has 0 saturated carbocycles. The molecule has 2 aromatic rings. The molecule has 0 radical (unpaired) electrons. The molecule has 5 heteroatoms. The van der Waals surface area contributed by atoms with Crippen molar-refractivity contribution < 1.29 is 18.7 Å². The van der Waals surface area contributed by atoms with Gasteiger partial charge in [-0.1, -0.05) is 24.3 Å². The van der Waals surface area contributed by atoms with Crippen molar-refractivity contribution in [1.82, 2.24) is 0 Å². The van der Waals surface area contributed by atoms with Crippen LogP contribution in [0.5, 0.6) is 5.75 Å². The van der Waals surface area contributed by atoms with Crippen molar-refractivity contribution in [2.75, 3.05) is 12.8 Å². The zero-order valence-corrected chi connectivity index (χ0v) is 11.9. The lowest BCUT2D eigenvalue weighted by Crippen LogP contribution is -2.11. The molecule has 2 N–H and O–H groups in total. The average molecular weight is 289 g/mol. The van der Waals surface area contributed by atoms with Crippen LogP contribution < -0.4 is 10.5 Å². The number of ether oxygens (including phenoxy) is 2. The number of aryl methyl sites for hydroxylation is 1. The monoisotopic (exact) mass is 289 g/mol. The number of halogens is 1. The Kier molecular flexibility index (Phi) is 4.42. The van der Waals surface area contributed by atoms with Gasteiger partial charge in [-0.05, 0) is 24.6 Å². The van der Waals surface area contributed by atoms with Gasteiger partial charge in [0.15, 0.2) is 11.6 Å². The van der Waals surface area contributed by atoms with Crippen LogP contribution >= 0.6 is 0 Å². The van der Waals surface area contributed by atoms with Crippen LogP contribution in [0.25, 0.3) is 0 Å². The van der Waals surface area contributed by atoms with E-state index in [4.69, 9.17) is 15.2 Å². The van der Waals surface area contributed by atoms with Gasteiger partial charge in [0, 0.05) is 11.3 Å². The first kappa shape index (κ1) is 14.8. The molecular formula is C16H16FNO3. The van der Waals surface area contributed by atoms with Gasteiger partial charge in [-0.25, -0.2) is 9.18 Å². The molecule has 0 aliphatic rings. The van der Waals surface area contributed by atoms with Gasteiger partial charge in [0.2, 0.25) is 0 Å². The lowest BCUT2D eigenvalue weighted by atomic mass is 10.1. The molecule has 0 fully saturated rings. The first-order valence-corrected chi connectivity index (χ1v) is 6.38. The van der Waals surface area contributed by atoms with Crippen LogP contribution in [-0.2, 0) is 11.3 Å². The number of anilines is 1. The largest absolute Gasteiger partial charge is 0.486 e. The van der Waals surface area contributed by atoms with E-state index in [0.29, 0.717) is 16.8 Å². The quantitative estimate of drug-likeness (QED) is 0.694. The Balaban J connectivity index is 2.26. The van der Waals surface area contributed by atoms with Crippen molar-refractivity contribution in [2.45, 2.75) is 13.5 Å². The minimum absolute atomic E-state index is 0.0237. The van der Waals surface area contributed by atoms with Crippen LogP contribution in [-0.4, -0.2) is 13.1 Å². The lowest BCUT2D eigenvalue weighted by molar-refractivity contribution is 0.0599. The molecule has 0 heterocycles. The molecule has 4 nitrogen and oxygen atoms in total. The van der Waals surface area contributed by atoms with Crippen LogP contribution in [0.2, 0.25) is 0 Å². The van der Waals surface area contributed by atoms with Crippen LogP contribution in [0.4, 0.5) is 10.1 Å². The number of hydrogen-bond donors (Lipinski definition) is 1. The SMILES string of the molecule is COC(=O)c1c(N)cccc1COc1cccc(C)c1F. The number of nitrogens with two attached hydrogens (primary N) is 1. The fourth-order valence-corrected chi connectivity index (χ4v) is 1.98. The third-order valence-corrected chi connectivity index (χ3v) is 3.11. The van der Waals surface area contributed by atoms with E-state index in [-0.39, 0.29) is 17.9 Å². The van der Waals surface area contributed by atoms with Gasteiger partial charge < -0.3 is 15.2 Å². The summed E-state index contributed by atoms with van der Waals surface area (Å²) in [5.74, 6) is -0.828. The summed E-state index contributed by atoms with van der Waals surface area (Å²) in [5.41, 5.74) is 7.37. The summed E-state index contributed by atoms with van der Waals surface area (Å²) in [6, 6.07) is 9.88. The number of nitrogen functional groups attached to an aromatic ring is 1. The summed E-state index contributed by atoms with van der Waals surface area (Å²) in [5, 5.41) is 0. The smallest absolute Gasteiger partial charge is 0.340 e. The van der Waals surface area contributed by atoms with Crippen molar-refractivity contribution in [2.24, 2.45) is 0 Å². The third kappa shape index (κ3) is 3.13. The number of rotatable bonds is 4. The van der Waals surface area contributed by atoms with Crippen molar-refractivity contribution >= 4 is 11.7 Å². The predicted octanol–water partition coefficient (Wildman–Crippen LogP) is 3.08. The Morgan fingerprint density at radius 2 is 1.95 bits per heavy atom. The Hall–Kier alpha value is -2.56. The topological polar surface area (TPSA) is 61.5 Å². The van der Waals surface area contributed by atoms with E-state index in [9.17, 15) is 9.18 Å². The first-order chi connectivity index (χ1) is 10.0. The summed E-state index contributed by atoms with van der Waals surface area (Å²) < 4.78 is 24.0. The first-order valence-electron chi connectivity index (χ1n) is 6.38. The fourth-order valence-electron chi connectivity index (χ4n) is 1.98. The number of carbonyl (C=O) groups is 1. The predicted molar refractivity (Wildman–Crippen MR) is 77.7 cm³/mol. The molecule has 0 amide bonds. The molecule has 0 aromatic heterocycles. The molecule has 0 aliphatic carbocycles. The van der Waals surface area contributed by atoms with E-state index in [1.54, 1.807) is 37.3 Å². The summed E-state index contributed by atoms with van der Waals surface area (Å²) in [7, 11) is 1.28. The number of methoxy groups -OCH3 is 1. The number of carbonyl (C=O) groups excluding carboxylic acids is 1. The molecular weight excluding hydrogens is 273 g/mol. The normalized spacial score (nSPS) is 10.2. The molecule has 21 heavy (non-hydrogen) atoms. The molecule has 0 bridgehead atoms. The summed E-state index contributed by atoms with van der Waals surface area (Å²) >= 11 is 0. The Morgan fingerprint density at radius 3 is 2.67 bits per heavy atom. The van der Waals surface area contributed by atoms with E-state index in [0.717, 1.165) is 0 Å². The van der Waals surface area contributed by atoms with E-state index in [1.165, 1.54) is 13.2 Å². The maximum atomic E-state index is 13.9. The van der Waals surface area contributed by atoms with Crippen LogP contribution in [0, 0.1) is 12.7 Å². The van der Waals surface area contributed by atoms with E-state index < -0.39 is 11.8 Å². The molecule has 0 spiro atoms.